The first-order valence-electron chi connectivity index (χ1n) is 6.44. The molecule has 1 heteroatoms. The van der Waals surface area contributed by atoms with E-state index in [2.05, 4.69) is 27.2 Å². The topological polar surface area (TPSA) is 0 Å². The molecule has 0 aromatic rings. The maximum atomic E-state index is 2.50. The number of hydrogen-bond acceptors (Lipinski definition) is 0. The second-order valence-electron chi connectivity index (χ2n) is 5.10. The molecule has 0 radical (unpaired) electrons. The molecular formula is C13H30P+. The van der Waals surface area contributed by atoms with Crippen LogP contribution in [0.5, 0.6) is 0 Å². The minimum absolute atomic E-state index is 0.485. The number of hydrogen-bond donors (Lipinski definition) is 0. The molecule has 0 heterocycles. The van der Waals surface area contributed by atoms with Crippen LogP contribution in [0.3, 0.4) is 0 Å². The van der Waals surface area contributed by atoms with Gasteiger partial charge in [-0.3, -0.25) is 0 Å². The normalized spacial score (nSPS) is 12.0. The van der Waals surface area contributed by atoms with Crippen LogP contribution in [0.1, 0.15) is 58.8 Å². The minimum atomic E-state index is -0.485. The molecule has 86 valence electrons. The lowest BCUT2D eigenvalue weighted by Crippen LogP contribution is -1.97. The lowest BCUT2D eigenvalue weighted by atomic mass is 10.1. The lowest BCUT2D eigenvalue weighted by molar-refractivity contribution is 0.603. The maximum absolute atomic E-state index is 2.50. The van der Waals surface area contributed by atoms with Gasteiger partial charge in [0.15, 0.2) is 0 Å². The van der Waals surface area contributed by atoms with E-state index >= 15 is 0 Å². The highest BCUT2D eigenvalue weighted by Gasteiger charge is 2.20. The van der Waals surface area contributed by atoms with Crippen LogP contribution in [-0.2, 0) is 0 Å². The molecule has 0 nitrogen and oxygen atoms in total. The second kappa shape index (κ2) is 8.72. The summed E-state index contributed by atoms with van der Waals surface area (Å²) < 4.78 is 0. The van der Waals surface area contributed by atoms with Gasteiger partial charge in [0.2, 0.25) is 0 Å². The van der Waals surface area contributed by atoms with Crippen LogP contribution in [0.15, 0.2) is 0 Å². The summed E-state index contributed by atoms with van der Waals surface area (Å²) in [6, 6.07) is 0. The number of unbranched alkanes of at least 4 members (excludes halogenated alkanes) is 6. The van der Waals surface area contributed by atoms with Gasteiger partial charge in [0.25, 0.3) is 0 Å². The molecule has 0 amide bonds. The Hall–Kier alpha value is 0.430. The Labute approximate surface area is 92.2 Å². The molecular weight excluding hydrogens is 187 g/mol. The van der Waals surface area contributed by atoms with Gasteiger partial charge in [-0.25, -0.2) is 0 Å². The van der Waals surface area contributed by atoms with Crippen molar-refractivity contribution in [2.45, 2.75) is 58.8 Å². The fourth-order valence-corrected chi connectivity index (χ4v) is 3.05. The van der Waals surface area contributed by atoms with Crippen molar-refractivity contribution in [1.82, 2.24) is 0 Å². The van der Waals surface area contributed by atoms with Gasteiger partial charge in [0.1, 0.15) is 0 Å². The molecule has 0 rings (SSSR count). The summed E-state index contributed by atoms with van der Waals surface area (Å²) in [6.07, 6.45) is 13.1. The van der Waals surface area contributed by atoms with Crippen LogP contribution in [0.25, 0.3) is 0 Å². The van der Waals surface area contributed by atoms with Gasteiger partial charge in [0.05, 0.1) is 12.3 Å². The van der Waals surface area contributed by atoms with E-state index in [1.807, 2.05) is 0 Å². The Morgan fingerprint density at radius 3 is 1.71 bits per heavy atom. The summed E-state index contributed by atoms with van der Waals surface area (Å²) in [6.45, 7) is 9.65. The molecule has 0 bridgehead atoms. The standard InChI is InChI=1S/C13H30P/c1-5-7-8-9-10-11-12-13-14(3,4)6-2/h5-13H2,1-4H3/q+1. The van der Waals surface area contributed by atoms with Crippen molar-refractivity contribution in [3.63, 3.8) is 0 Å². The Morgan fingerprint density at radius 2 is 1.21 bits per heavy atom. The molecule has 0 saturated carbocycles. The average molecular weight is 217 g/mol. The molecule has 0 aliphatic heterocycles. The van der Waals surface area contributed by atoms with Crippen LogP contribution >= 0.6 is 7.26 Å². The summed E-state index contributed by atoms with van der Waals surface area (Å²) in [4.78, 5) is 0. The van der Waals surface area contributed by atoms with E-state index in [0.29, 0.717) is 0 Å². The molecule has 0 aromatic carbocycles. The third kappa shape index (κ3) is 9.00. The van der Waals surface area contributed by atoms with Gasteiger partial charge in [-0.05, 0) is 19.8 Å². The summed E-state index contributed by atoms with van der Waals surface area (Å²) in [5.41, 5.74) is 0. The van der Waals surface area contributed by atoms with E-state index in [1.54, 1.807) is 0 Å². The van der Waals surface area contributed by atoms with Gasteiger partial charge in [-0.2, -0.15) is 0 Å². The summed E-state index contributed by atoms with van der Waals surface area (Å²) in [7, 11) is -0.485. The third-order valence-corrected chi connectivity index (χ3v) is 6.46. The van der Waals surface area contributed by atoms with Gasteiger partial charge in [-0.15, -0.1) is 0 Å². The fraction of sp³-hybridized carbons (Fsp3) is 1.00. The SMILES string of the molecule is CCCCCCCCC[P+](C)(C)CC. The molecule has 14 heavy (non-hydrogen) atoms. The van der Waals surface area contributed by atoms with Gasteiger partial charge in [-0.1, -0.05) is 39.0 Å². The summed E-state index contributed by atoms with van der Waals surface area (Å²) >= 11 is 0. The van der Waals surface area contributed by atoms with Gasteiger partial charge in [0, 0.05) is 20.6 Å². The predicted octanol–water partition coefficient (Wildman–Crippen LogP) is 5.03. The largest absolute Gasteiger partial charge is 0.0654 e. The Balaban J connectivity index is 3.13. The Bertz CT molecular complexity index is 118. The zero-order chi connectivity index (χ0) is 10.9. The second-order valence-corrected chi connectivity index (χ2v) is 10.0. The Morgan fingerprint density at radius 1 is 0.714 bits per heavy atom. The van der Waals surface area contributed by atoms with E-state index in [-0.39, 0.29) is 0 Å². The van der Waals surface area contributed by atoms with Crippen molar-refractivity contribution in [2.24, 2.45) is 0 Å². The van der Waals surface area contributed by atoms with Crippen molar-refractivity contribution in [1.29, 1.82) is 0 Å². The molecule has 0 fully saturated rings. The van der Waals surface area contributed by atoms with E-state index in [4.69, 9.17) is 0 Å². The van der Waals surface area contributed by atoms with Crippen molar-refractivity contribution >= 4 is 7.26 Å². The zero-order valence-corrected chi connectivity index (χ0v) is 11.7. The number of rotatable bonds is 9. The summed E-state index contributed by atoms with van der Waals surface area (Å²) in [5.74, 6) is 0. The van der Waals surface area contributed by atoms with Crippen molar-refractivity contribution in [3.8, 4) is 0 Å². The lowest BCUT2D eigenvalue weighted by Gasteiger charge is -2.15. The first-order chi connectivity index (χ1) is 6.62. The minimum Gasteiger partial charge on any atom is -0.0654 e. The molecule has 0 aliphatic carbocycles. The monoisotopic (exact) mass is 217 g/mol. The van der Waals surface area contributed by atoms with Crippen LogP contribution in [0.2, 0.25) is 0 Å². The predicted molar refractivity (Wildman–Crippen MR) is 72.2 cm³/mol. The van der Waals surface area contributed by atoms with E-state index in [9.17, 15) is 0 Å². The first kappa shape index (κ1) is 14.4. The van der Waals surface area contributed by atoms with Crippen molar-refractivity contribution in [3.05, 3.63) is 0 Å². The molecule has 0 unspecified atom stereocenters. The highest BCUT2D eigenvalue weighted by atomic mass is 31.2. The average Bonchev–Trinajstić information content (AvgIpc) is 2.16. The third-order valence-electron chi connectivity index (χ3n) is 3.22. The van der Waals surface area contributed by atoms with Crippen LogP contribution in [0, 0.1) is 0 Å². The highest BCUT2D eigenvalue weighted by Crippen LogP contribution is 2.51. The summed E-state index contributed by atoms with van der Waals surface area (Å²) in [5, 5.41) is 0. The first-order valence-corrected chi connectivity index (χ1v) is 9.49. The smallest absolute Gasteiger partial charge is 0.0588 e. The molecule has 0 saturated heterocycles. The van der Waals surface area contributed by atoms with E-state index in [0.717, 1.165) is 0 Å². The van der Waals surface area contributed by atoms with Crippen LogP contribution in [0.4, 0.5) is 0 Å². The van der Waals surface area contributed by atoms with Crippen LogP contribution < -0.4 is 0 Å². The van der Waals surface area contributed by atoms with Gasteiger partial charge < -0.3 is 0 Å². The molecule has 0 spiro atoms. The van der Waals surface area contributed by atoms with E-state index in [1.165, 1.54) is 57.3 Å². The molecule has 0 N–H and O–H groups in total. The quantitative estimate of drug-likeness (QED) is 0.375. The van der Waals surface area contributed by atoms with Gasteiger partial charge >= 0.3 is 0 Å². The van der Waals surface area contributed by atoms with Crippen molar-refractivity contribution < 1.29 is 0 Å². The fourth-order valence-electron chi connectivity index (χ4n) is 1.66. The molecule has 0 aliphatic rings. The molecule has 0 aromatic heterocycles. The van der Waals surface area contributed by atoms with E-state index < -0.39 is 7.26 Å². The van der Waals surface area contributed by atoms with Crippen molar-refractivity contribution in [2.75, 3.05) is 25.7 Å². The zero-order valence-electron chi connectivity index (χ0n) is 10.8. The molecule has 0 atom stereocenters. The maximum Gasteiger partial charge on any atom is 0.0588 e. The van der Waals surface area contributed by atoms with Crippen LogP contribution in [-0.4, -0.2) is 25.7 Å². The highest BCUT2D eigenvalue weighted by molar-refractivity contribution is 7.74. The Kier molecular flexibility index (Phi) is 8.98.